The zero-order valence-corrected chi connectivity index (χ0v) is 18.7. The number of methoxy groups -OCH3 is 1. The number of rotatable bonds is 6. The maximum absolute atomic E-state index is 12.6. The highest BCUT2D eigenvalue weighted by atomic mass is 19.4. The number of hydrogen-bond acceptors (Lipinski definition) is 8. The molecule has 0 radical (unpaired) electrons. The summed E-state index contributed by atoms with van der Waals surface area (Å²) >= 11 is 0. The van der Waals surface area contributed by atoms with Crippen LogP contribution in [0.2, 0.25) is 0 Å². The van der Waals surface area contributed by atoms with Crippen LogP contribution >= 0.6 is 0 Å². The average Bonchev–Trinajstić information content (AvgIpc) is 2.72. The largest absolute Gasteiger partial charge is 0.489 e. The van der Waals surface area contributed by atoms with Crippen LogP contribution in [0.1, 0.15) is 31.2 Å². The van der Waals surface area contributed by atoms with Gasteiger partial charge in [-0.1, -0.05) is 0 Å². The molecule has 2 N–H and O–H groups in total. The molecule has 2 aromatic heterocycles. The molecule has 0 spiro atoms. The lowest BCUT2D eigenvalue weighted by Crippen LogP contribution is -2.59. The minimum absolute atomic E-state index is 0.0451. The summed E-state index contributed by atoms with van der Waals surface area (Å²) in [6.07, 6.45) is -2.27. The number of nitrogens with zero attached hydrogens (tertiary/aromatic N) is 4. The minimum atomic E-state index is -4.48. The van der Waals surface area contributed by atoms with Gasteiger partial charge in [-0.15, -0.1) is 0 Å². The molecular formula is C21H25F3N6O3. The zero-order valence-electron chi connectivity index (χ0n) is 18.7. The number of hydrogen-bond donors (Lipinski definition) is 2. The summed E-state index contributed by atoms with van der Waals surface area (Å²) in [4.78, 5) is 26.9. The Kier molecular flexibility index (Phi) is 5.81. The molecule has 3 heterocycles. The first kappa shape index (κ1) is 23.0. The molecule has 0 unspecified atom stereocenters. The molecule has 4 rings (SSSR count). The highest BCUT2D eigenvalue weighted by molar-refractivity contribution is 6.06. The monoisotopic (exact) mass is 466 g/mol. The number of ether oxygens (including phenoxy) is 2. The molecule has 1 aliphatic heterocycles. The summed E-state index contributed by atoms with van der Waals surface area (Å²) in [6, 6.07) is 2.22. The molecule has 178 valence electrons. The van der Waals surface area contributed by atoms with Crippen molar-refractivity contribution in [3.8, 4) is 5.75 Å². The number of aryl methyl sites for hydroxylation is 1. The van der Waals surface area contributed by atoms with Gasteiger partial charge < -0.3 is 25.0 Å². The smallest absolute Gasteiger partial charge is 0.433 e. The summed E-state index contributed by atoms with van der Waals surface area (Å²) in [5.74, 6) is 1.12. The van der Waals surface area contributed by atoms with Gasteiger partial charge in [-0.3, -0.25) is 4.79 Å². The van der Waals surface area contributed by atoms with Crippen molar-refractivity contribution in [2.45, 2.75) is 50.6 Å². The van der Waals surface area contributed by atoms with Crippen LogP contribution in [0.4, 0.5) is 30.6 Å². The second-order valence-electron chi connectivity index (χ2n) is 8.48. The number of nitrogens with one attached hydrogen (secondary N) is 2. The van der Waals surface area contributed by atoms with E-state index < -0.39 is 17.4 Å². The second kappa shape index (κ2) is 8.32. The van der Waals surface area contributed by atoms with Crippen LogP contribution in [-0.4, -0.2) is 59.3 Å². The molecule has 1 aliphatic carbocycles. The van der Waals surface area contributed by atoms with Gasteiger partial charge in [-0.25, -0.2) is 9.97 Å². The lowest BCUT2D eigenvalue weighted by molar-refractivity contribution is -0.141. The van der Waals surface area contributed by atoms with E-state index in [-0.39, 0.29) is 24.7 Å². The third-order valence-corrected chi connectivity index (χ3v) is 6.04. The highest BCUT2D eigenvalue weighted by Gasteiger charge is 2.44. The van der Waals surface area contributed by atoms with Crippen LogP contribution in [0, 0.1) is 6.92 Å². The maximum Gasteiger partial charge on any atom is 0.433 e. The van der Waals surface area contributed by atoms with Crippen molar-refractivity contribution in [2.75, 3.05) is 36.3 Å². The van der Waals surface area contributed by atoms with Crippen molar-refractivity contribution in [1.29, 1.82) is 0 Å². The number of anilines is 3. The van der Waals surface area contributed by atoms with Gasteiger partial charge in [0, 0.05) is 33.0 Å². The lowest BCUT2D eigenvalue weighted by atomic mass is 9.89. The first-order valence-corrected chi connectivity index (χ1v) is 10.4. The van der Waals surface area contributed by atoms with Crippen LogP contribution in [0.15, 0.2) is 18.3 Å². The molecule has 2 aromatic rings. The molecular weight excluding hydrogens is 441 g/mol. The van der Waals surface area contributed by atoms with Gasteiger partial charge >= 0.3 is 6.18 Å². The number of aromatic nitrogens is 3. The molecule has 33 heavy (non-hydrogen) atoms. The minimum Gasteiger partial charge on any atom is -0.489 e. The van der Waals surface area contributed by atoms with Gasteiger partial charge in [-0.2, -0.15) is 18.2 Å². The molecule has 9 nitrogen and oxygen atoms in total. The third kappa shape index (κ3) is 4.39. The lowest BCUT2D eigenvalue weighted by Gasteiger charge is -2.42. The zero-order chi connectivity index (χ0) is 24.0. The second-order valence-corrected chi connectivity index (χ2v) is 8.48. The Morgan fingerprint density at radius 3 is 2.64 bits per heavy atom. The Bertz CT molecular complexity index is 1040. The predicted octanol–water partition coefficient (Wildman–Crippen LogP) is 3.01. The average molecular weight is 466 g/mol. The standard InChI is InChI=1S/C21H25F3N6O3/c1-11-16-17(30(3)20(2,10-32-4)18(31)28-16)29-19(26-11)27-12-7-14(8-12)33-13-5-6-15(25-9-13)21(22,23)24/h5-6,9,12,14H,7-8,10H2,1-4H3,(H,28,31)(H,26,27,29)/t12-,14-,20-/m0/s1. The number of likely N-dealkylation sites (N-methyl/N-ethyl adjacent to an activating group) is 1. The van der Waals surface area contributed by atoms with Gasteiger partial charge in [0.2, 0.25) is 5.95 Å². The van der Waals surface area contributed by atoms with E-state index >= 15 is 0 Å². The van der Waals surface area contributed by atoms with E-state index in [4.69, 9.17) is 9.47 Å². The van der Waals surface area contributed by atoms with Gasteiger partial charge in [0.25, 0.3) is 5.91 Å². The summed E-state index contributed by atoms with van der Waals surface area (Å²) in [7, 11) is 3.33. The number of halogens is 3. The number of pyridine rings is 1. The van der Waals surface area contributed by atoms with E-state index in [1.54, 1.807) is 25.8 Å². The van der Waals surface area contributed by atoms with Crippen molar-refractivity contribution in [1.82, 2.24) is 15.0 Å². The number of alkyl halides is 3. The van der Waals surface area contributed by atoms with Crippen molar-refractivity contribution < 1.29 is 27.4 Å². The molecule has 1 fully saturated rings. The first-order chi connectivity index (χ1) is 15.5. The molecule has 2 aliphatic rings. The first-order valence-electron chi connectivity index (χ1n) is 10.4. The van der Waals surface area contributed by atoms with E-state index in [0.717, 1.165) is 12.3 Å². The van der Waals surface area contributed by atoms with Gasteiger partial charge in [-0.05, 0) is 26.0 Å². The van der Waals surface area contributed by atoms with Crippen LogP contribution in [0.3, 0.4) is 0 Å². The molecule has 1 amide bonds. The van der Waals surface area contributed by atoms with E-state index in [9.17, 15) is 18.0 Å². The van der Waals surface area contributed by atoms with Crippen LogP contribution in [-0.2, 0) is 15.7 Å². The molecule has 1 atom stereocenters. The van der Waals surface area contributed by atoms with Crippen LogP contribution < -0.4 is 20.3 Å². The Balaban J connectivity index is 1.39. The number of carbonyl (C=O) groups is 1. The fourth-order valence-corrected chi connectivity index (χ4v) is 3.86. The molecule has 0 aromatic carbocycles. The summed E-state index contributed by atoms with van der Waals surface area (Å²) < 4.78 is 48.8. The fraction of sp³-hybridized carbons (Fsp3) is 0.524. The normalized spacial score (nSPS) is 24.6. The van der Waals surface area contributed by atoms with Gasteiger partial charge in [0.05, 0.1) is 18.5 Å². The van der Waals surface area contributed by atoms with E-state index in [0.29, 0.717) is 41.7 Å². The quantitative estimate of drug-likeness (QED) is 0.670. The Labute approximate surface area is 188 Å². The third-order valence-electron chi connectivity index (χ3n) is 6.04. The molecule has 1 saturated carbocycles. The van der Waals surface area contributed by atoms with Gasteiger partial charge in [0.15, 0.2) is 5.82 Å². The van der Waals surface area contributed by atoms with Crippen LogP contribution in [0.25, 0.3) is 0 Å². The topological polar surface area (TPSA) is 102 Å². The number of amides is 1. The molecule has 0 bridgehead atoms. The number of carbonyl (C=O) groups excluding carboxylic acids is 1. The Morgan fingerprint density at radius 2 is 2.03 bits per heavy atom. The molecule has 0 saturated heterocycles. The predicted molar refractivity (Wildman–Crippen MR) is 114 cm³/mol. The van der Waals surface area contributed by atoms with Crippen LogP contribution in [0.5, 0.6) is 5.75 Å². The summed E-state index contributed by atoms with van der Waals surface area (Å²) in [5.41, 5.74) is -0.674. The van der Waals surface area contributed by atoms with Crippen molar-refractivity contribution in [2.24, 2.45) is 0 Å². The summed E-state index contributed by atoms with van der Waals surface area (Å²) in [5, 5.41) is 6.15. The van der Waals surface area contributed by atoms with E-state index in [2.05, 4.69) is 25.6 Å². The summed E-state index contributed by atoms with van der Waals surface area (Å²) in [6.45, 7) is 3.77. The van der Waals surface area contributed by atoms with Crippen molar-refractivity contribution >= 4 is 23.4 Å². The number of fused-ring (bicyclic) bond motifs is 1. The Morgan fingerprint density at radius 1 is 1.30 bits per heavy atom. The van der Waals surface area contributed by atoms with Crippen molar-refractivity contribution in [3.63, 3.8) is 0 Å². The molecule has 12 heteroatoms. The fourth-order valence-electron chi connectivity index (χ4n) is 3.86. The maximum atomic E-state index is 12.6. The highest BCUT2D eigenvalue weighted by Crippen LogP contribution is 2.37. The van der Waals surface area contributed by atoms with Gasteiger partial charge in [0.1, 0.15) is 28.8 Å². The SMILES string of the molecule is COC[C@@]1(C)C(=O)Nc2c(C)nc(N[C@H]3C[C@H](Oc4ccc(C(F)(F)F)nc4)C3)nc2N1C. The van der Waals surface area contributed by atoms with E-state index in [1.165, 1.54) is 13.2 Å². The van der Waals surface area contributed by atoms with Crippen molar-refractivity contribution in [3.05, 3.63) is 29.7 Å². The Hall–Kier alpha value is -3.15. The van der Waals surface area contributed by atoms with E-state index in [1.807, 2.05) is 0 Å².